The normalized spacial score (nSPS) is 25.6. The maximum absolute atomic E-state index is 13.7. The molecule has 1 saturated heterocycles. The van der Waals surface area contributed by atoms with Crippen molar-refractivity contribution >= 4 is 52.3 Å². The van der Waals surface area contributed by atoms with Gasteiger partial charge in [0, 0.05) is 36.5 Å². The number of aromatic nitrogens is 1. The molecule has 15 heteroatoms. The molecule has 0 radical (unpaired) electrons. The van der Waals surface area contributed by atoms with E-state index in [0.29, 0.717) is 0 Å². The number of fused-ring (bicyclic) bond motifs is 1. The molecule has 1 aliphatic heterocycles. The Morgan fingerprint density at radius 2 is 1.19 bits per heavy atom. The Labute approximate surface area is 305 Å². The molecular formula is C37H56N8O7. The van der Waals surface area contributed by atoms with Gasteiger partial charge < -0.3 is 42.2 Å². The minimum Gasteiger partial charge on any atom is -0.361 e. The quantitative estimate of drug-likeness (QED) is 0.215. The summed E-state index contributed by atoms with van der Waals surface area (Å²) in [6, 6.07) is 1.34. The molecular weight excluding hydrogens is 668 g/mol. The summed E-state index contributed by atoms with van der Waals surface area (Å²) < 4.78 is 0. The van der Waals surface area contributed by atoms with Crippen LogP contribution in [-0.2, 0) is 40.0 Å². The maximum Gasteiger partial charge on any atom is 0.243 e. The van der Waals surface area contributed by atoms with E-state index in [2.05, 4.69) is 42.2 Å². The highest BCUT2D eigenvalue weighted by Crippen LogP contribution is 2.19. The Balaban J connectivity index is 1.92. The molecule has 2 heterocycles. The smallest absolute Gasteiger partial charge is 0.243 e. The molecule has 286 valence electrons. The van der Waals surface area contributed by atoms with Crippen molar-refractivity contribution in [2.45, 2.75) is 117 Å². The largest absolute Gasteiger partial charge is 0.361 e. The van der Waals surface area contributed by atoms with Crippen molar-refractivity contribution in [3.8, 4) is 0 Å². The number of rotatable bonds is 6. The molecule has 0 bridgehead atoms. The molecule has 7 amide bonds. The number of aromatic amines is 1. The fourth-order valence-electron chi connectivity index (χ4n) is 5.92. The number of para-hydroxylation sites is 1. The average molecular weight is 725 g/mol. The zero-order valence-corrected chi connectivity index (χ0v) is 31.5. The average Bonchev–Trinajstić information content (AvgIpc) is 3.48. The van der Waals surface area contributed by atoms with E-state index in [4.69, 9.17) is 0 Å². The lowest BCUT2D eigenvalue weighted by molar-refractivity contribution is -0.136. The molecule has 8 N–H and O–H groups in total. The number of hydrogen-bond acceptors (Lipinski definition) is 7. The van der Waals surface area contributed by atoms with Gasteiger partial charge in [0.2, 0.25) is 41.4 Å². The molecule has 6 atom stereocenters. The Morgan fingerprint density at radius 3 is 1.83 bits per heavy atom. The molecule has 0 saturated carbocycles. The Hall–Kier alpha value is -4.95. The van der Waals surface area contributed by atoms with Gasteiger partial charge in [0.1, 0.15) is 36.3 Å². The van der Waals surface area contributed by atoms with Crippen LogP contribution in [0.25, 0.3) is 10.9 Å². The van der Waals surface area contributed by atoms with Crippen LogP contribution in [0.2, 0.25) is 0 Å². The first kappa shape index (κ1) is 41.5. The van der Waals surface area contributed by atoms with Crippen LogP contribution in [0.15, 0.2) is 30.5 Å². The van der Waals surface area contributed by atoms with Crippen molar-refractivity contribution in [3.63, 3.8) is 0 Å². The second-order valence-electron chi connectivity index (χ2n) is 14.7. The van der Waals surface area contributed by atoms with Crippen LogP contribution in [0.1, 0.15) is 80.2 Å². The van der Waals surface area contributed by atoms with Crippen LogP contribution in [0.4, 0.5) is 0 Å². The first-order valence-electron chi connectivity index (χ1n) is 18.1. The van der Waals surface area contributed by atoms with Gasteiger partial charge in [-0.15, -0.1) is 0 Å². The van der Waals surface area contributed by atoms with Crippen LogP contribution in [0, 0.1) is 17.8 Å². The van der Waals surface area contributed by atoms with Gasteiger partial charge in [-0.1, -0.05) is 59.7 Å². The zero-order valence-electron chi connectivity index (χ0n) is 31.5. The molecule has 2 aromatic rings. The minimum absolute atomic E-state index is 0.00243. The van der Waals surface area contributed by atoms with Gasteiger partial charge >= 0.3 is 0 Å². The van der Waals surface area contributed by atoms with Crippen LogP contribution >= 0.6 is 0 Å². The lowest BCUT2D eigenvalue weighted by Crippen LogP contribution is -2.61. The van der Waals surface area contributed by atoms with E-state index in [9.17, 15) is 33.6 Å². The first-order valence-corrected chi connectivity index (χ1v) is 18.1. The predicted octanol–water partition coefficient (Wildman–Crippen LogP) is 0.927. The van der Waals surface area contributed by atoms with Crippen molar-refractivity contribution in [1.29, 1.82) is 0 Å². The van der Waals surface area contributed by atoms with E-state index in [-0.39, 0.29) is 44.1 Å². The Morgan fingerprint density at radius 1 is 0.635 bits per heavy atom. The molecule has 0 spiro atoms. The van der Waals surface area contributed by atoms with Crippen molar-refractivity contribution < 1.29 is 33.6 Å². The number of carbonyl (C=O) groups excluding carboxylic acids is 7. The summed E-state index contributed by atoms with van der Waals surface area (Å²) in [6.45, 7) is 13.8. The number of hydrogen-bond donors (Lipinski definition) is 8. The van der Waals surface area contributed by atoms with Crippen LogP contribution in [0.3, 0.4) is 0 Å². The molecule has 1 aliphatic rings. The van der Waals surface area contributed by atoms with E-state index in [0.717, 1.165) is 16.5 Å². The maximum atomic E-state index is 13.7. The number of amides is 7. The van der Waals surface area contributed by atoms with Crippen LogP contribution in [0.5, 0.6) is 0 Å². The highest BCUT2D eigenvalue weighted by atomic mass is 16.2. The van der Waals surface area contributed by atoms with Gasteiger partial charge in [0.15, 0.2) is 0 Å². The van der Waals surface area contributed by atoms with Crippen molar-refractivity contribution in [2.24, 2.45) is 17.8 Å². The van der Waals surface area contributed by atoms with E-state index < -0.39 is 83.5 Å². The van der Waals surface area contributed by atoms with Gasteiger partial charge in [-0.2, -0.15) is 0 Å². The van der Waals surface area contributed by atoms with Crippen LogP contribution in [-0.4, -0.2) is 89.1 Å². The minimum atomic E-state index is -1.09. The summed E-state index contributed by atoms with van der Waals surface area (Å²) in [5, 5.41) is 19.9. The first-order chi connectivity index (χ1) is 24.5. The SMILES string of the molecule is CC(C)C[C@@H]1NC(=O)[C@@H](C(C)C)NC(=O)[C@@H](C)NC(=O)CCCNC(=O)[C@@H](Cc2c[nH]c3ccccc23)NC(=O)[C@@H](C)NC(=O)[C@@H](C(C)C)NC1=O. The van der Waals surface area contributed by atoms with Crippen molar-refractivity contribution in [1.82, 2.24) is 42.2 Å². The molecule has 1 aromatic carbocycles. The summed E-state index contributed by atoms with van der Waals surface area (Å²) >= 11 is 0. The summed E-state index contributed by atoms with van der Waals surface area (Å²) in [5.41, 5.74) is 1.66. The fourth-order valence-corrected chi connectivity index (χ4v) is 5.92. The second-order valence-corrected chi connectivity index (χ2v) is 14.7. The third-order valence-corrected chi connectivity index (χ3v) is 8.97. The molecule has 15 nitrogen and oxygen atoms in total. The Bertz CT molecular complexity index is 1600. The van der Waals surface area contributed by atoms with Crippen LogP contribution < -0.4 is 37.2 Å². The summed E-state index contributed by atoms with van der Waals surface area (Å²) in [4.78, 5) is 96.7. The number of carbonyl (C=O) groups is 7. The highest BCUT2D eigenvalue weighted by Gasteiger charge is 2.34. The van der Waals surface area contributed by atoms with E-state index in [1.165, 1.54) is 13.8 Å². The van der Waals surface area contributed by atoms with Gasteiger partial charge in [0.05, 0.1) is 0 Å². The van der Waals surface area contributed by atoms with Gasteiger partial charge in [-0.25, -0.2) is 0 Å². The molecule has 3 rings (SSSR count). The van der Waals surface area contributed by atoms with E-state index >= 15 is 0 Å². The lowest BCUT2D eigenvalue weighted by atomic mass is 9.98. The van der Waals surface area contributed by atoms with Gasteiger partial charge in [0.25, 0.3) is 0 Å². The third kappa shape index (κ3) is 11.8. The van der Waals surface area contributed by atoms with Gasteiger partial charge in [-0.3, -0.25) is 33.6 Å². The topological polar surface area (TPSA) is 219 Å². The molecule has 1 fully saturated rings. The molecule has 1 aromatic heterocycles. The van der Waals surface area contributed by atoms with Crippen molar-refractivity contribution in [3.05, 3.63) is 36.0 Å². The molecule has 52 heavy (non-hydrogen) atoms. The highest BCUT2D eigenvalue weighted by molar-refractivity contribution is 5.97. The van der Waals surface area contributed by atoms with Crippen molar-refractivity contribution in [2.75, 3.05) is 6.54 Å². The second kappa shape index (κ2) is 19.0. The standard InChI is InChI=1S/C37H56N8O7/c1-19(2)16-27-35(50)45-30(20(3)4)36(51)41-23(8)32(47)42-28(17-24-18-39-26-13-10-9-12-25(24)26)34(49)38-15-11-14-29(46)40-22(7)33(48)44-31(21(5)6)37(52)43-27/h9-10,12-13,18-23,27-28,30-31,39H,11,14-17H2,1-8H3,(H,38,49)(H,40,46)(H,41,51)(H,42,47)(H,43,52)(H,44,48)(H,45,50)/t22-,23-,27+,28-,30-,31-/m1/s1. The molecule has 0 unspecified atom stereocenters. The monoisotopic (exact) mass is 724 g/mol. The zero-order chi connectivity index (χ0) is 38.7. The summed E-state index contributed by atoms with van der Waals surface area (Å²) in [5.74, 6) is -4.70. The number of benzene rings is 1. The van der Waals surface area contributed by atoms with E-state index in [1.807, 2.05) is 38.1 Å². The van der Waals surface area contributed by atoms with Gasteiger partial charge in [-0.05, 0) is 56.1 Å². The molecule has 0 aliphatic carbocycles. The number of nitrogens with one attached hydrogen (secondary N) is 8. The summed E-state index contributed by atoms with van der Waals surface area (Å²) in [6.07, 6.45) is 2.40. The summed E-state index contributed by atoms with van der Waals surface area (Å²) in [7, 11) is 0. The number of H-pyrrole nitrogens is 1. The predicted molar refractivity (Wildman–Crippen MR) is 196 cm³/mol. The lowest BCUT2D eigenvalue weighted by Gasteiger charge is -2.29. The van der Waals surface area contributed by atoms with E-state index in [1.54, 1.807) is 33.9 Å². The Kier molecular flexibility index (Phi) is 15.2. The third-order valence-electron chi connectivity index (χ3n) is 8.97. The fraction of sp³-hybridized carbons (Fsp3) is 0.595.